The average Bonchev–Trinajstić information content (AvgIpc) is 2.36. The van der Waals surface area contributed by atoms with Gasteiger partial charge in [0.15, 0.2) is 0 Å². The highest BCUT2D eigenvalue weighted by atomic mass is 19.4. The molecule has 0 unspecified atom stereocenters. The molecule has 0 saturated heterocycles. The first-order valence-corrected chi connectivity index (χ1v) is 5.58. The first-order chi connectivity index (χ1) is 9.40. The SMILES string of the molecule is O=c1[nH]ccc(CO)c1-c1cccc(OC(F)(F)F)c1. The third kappa shape index (κ3) is 3.18. The summed E-state index contributed by atoms with van der Waals surface area (Å²) in [5, 5.41) is 9.20. The van der Waals surface area contributed by atoms with Crippen LogP contribution in [0.3, 0.4) is 0 Å². The van der Waals surface area contributed by atoms with E-state index in [1.165, 1.54) is 24.4 Å². The molecule has 0 atom stereocenters. The maximum absolute atomic E-state index is 12.2. The van der Waals surface area contributed by atoms with Crippen LogP contribution in [0.5, 0.6) is 5.75 Å². The number of benzene rings is 1. The Bertz CT molecular complexity index is 664. The van der Waals surface area contributed by atoms with Gasteiger partial charge in [0.25, 0.3) is 5.56 Å². The number of halogens is 3. The van der Waals surface area contributed by atoms with Crippen molar-refractivity contribution in [1.29, 1.82) is 0 Å². The van der Waals surface area contributed by atoms with Gasteiger partial charge in [-0.15, -0.1) is 13.2 Å². The summed E-state index contributed by atoms with van der Waals surface area (Å²) in [6.45, 7) is -0.399. The molecule has 0 fully saturated rings. The number of nitrogens with one attached hydrogen (secondary N) is 1. The predicted molar refractivity (Wildman–Crippen MR) is 65.1 cm³/mol. The normalized spacial score (nSPS) is 11.4. The largest absolute Gasteiger partial charge is 0.573 e. The fourth-order valence-electron chi connectivity index (χ4n) is 1.82. The Morgan fingerprint density at radius 2 is 2.00 bits per heavy atom. The van der Waals surface area contributed by atoms with Gasteiger partial charge in [0.05, 0.1) is 12.2 Å². The zero-order chi connectivity index (χ0) is 14.8. The lowest BCUT2D eigenvalue weighted by Gasteiger charge is -2.11. The molecule has 0 aliphatic rings. The van der Waals surface area contributed by atoms with Crippen molar-refractivity contribution >= 4 is 0 Å². The zero-order valence-corrected chi connectivity index (χ0v) is 10.1. The molecule has 0 saturated carbocycles. The van der Waals surface area contributed by atoms with Gasteiger partial charge in [0.2, 0.25) is 0 Å². The maximum Gasteiger partial charge on any atom is 0.573 e. The standard InChI is InChI=1S/C13H10F3NO3/c14-13(15,16)20-10-3-1-2-8(6-10)11-9(7-18)4-5-17-12(11)19/h1-6,18H,7H2,(H,17,19). The van der Waals surface area contributed by atoms with Gasteiger partial charge in [-0.2, -0.15) is 0 Å². The van der Waals surface area contributed by atoms with Crippen molar-refractivity contribution in [3.63, 3.8) is 0 Å². The topological polar surface area (TPSA) is 62.3 Å². The molecule has 4 nitrogen and oxygen atoms in total. The van der Waals surface area contributed by atoms with Crippen LogP contribution in [-0.2, 0) is 6.61 Å². The number of aliphatic hydroxyl groups excluding tert-OH is 1. The molecule has 0 amide bonds. The molecule has 1 aromatic carbocycles. The van der Waals surface area contributed by atoms with Gasteiger partial charge in [-0.3, -0.25) is 4.79 Å². The number of alkyl halides is 3. The molecule has 2 rings (SSSR count). The van der Waals surface area contributed by atoms with E-state index in [2.05, 4.69) is 9.72 Å². The first-order valence-electron chi connectivity index (χ1n) is 5.58. The van der Waals surface area contributed by atoms with E-state index in [-0.39, 0.29) is 11.1 Å². The van der Waals surface area contributed by atoms with Crippen LogP contribution in [0.15, 0.2) is 41.3 Å². The molecule has 0 aliphatic heterocycles. The fraction of sp³-hybridized carbons (Fsp3) is 0.154. The Labute approximate surface area is 111 Å². The Hall–Kier alpha value is -2.28. The molecule has 2 aromatic rings. The summed E-state index contributed by atoms with van der Waals surface area (Å²) in [4.78, 5) is 14.2. The van der Waals surface area contributed by atoms with E-state index in [4.69, 9.17) is 0 Å². The van der Waals surface area contributed by atoms with Crippen LogP contribution < -0.4 is 10.3 Å². The van der Waals surface area contributed by atoms with Crippen molar-refractivity contribution in [3.8, 4) is 16.9 Å². The number of hydrogen-bond donors (Lipinski definition) is 2. The van der Waals surface area contributed by atoms with Gasteiger partial charge in [-0.1, -0.05) is 12.1 Å². The second kappa shape index (κ2) is 5.38. The van der Waals surface area contributed by atoms with Crippen molar-refractivity contribution in [2.45, 2.75) is 13.0 Å². The molecule has 1 heterocycles. The summed E-state index contributed by atoms with van der Waals surface area (Å²) in [5.41, 5.74) is 0.166. The van der Waals surface area contributed by atoms with E-state index in [0.29, 0.717) is 5.56 Å². The van der Waals surface area contributed by atoms with Gasteiger partial charge >= 0.3 is 6.36 Å². The molecule has 0 radical (unpaired) electrons. The summed E-state index contributed by atoms with van der Waals surface area (Å²) in [5.74, 6) is -0.429. The lowest BCUT2D eigenvalue weighted by molar-refractivity contribution is -0.274. The Kier molecular flexibility index (Phi) is 3.80. The number of ether oxygens (including phenoxy) is 1. The number of pyridine rings is 1. The fourth-order valence-corrected chi connectivity index (χ4v) is 1.82. The smallest absolute Gasteiger partial charge is 0.406 e. The van der Waals surface area contributed by atoms with Crippen LogP contribution >= 0.6 is 0 Å². The van der Waals surface area contributed by atoms with E-state index in [1.807, 2.05) is 0 Å². The van der Waals surface area contributed by atoms with E-state index in [0.717, 1.165) is 12.1 Å². The number of rotatable bonds is 3. The third-order valence-electron chi connectivity index (χ3n) is 2.57. The lowest BCUT2D eigenvalue weighted by atomic mass is 10.0. The van der Waals surface area contributed by atoms with E-state index < -0.39 is 24.3 Å². The summed E-state index contributed by atoms with van der Waals surface area (Å²) >= 11 is 0. The minimum atomic E-state index is -4.80. The van der Waals surface area contributed by atoms with E-state index in [1.54, 1.807) is 0 Å². The Morgan fingerprint density at radius 1 is 1.25 bits per heavy atom. The highest BCUT2D eigenvalue weighted by Crippen LogP contribution is 2.27. The van der Waals surface area contributed by atoms with Gasteiger partial charge in [0.1, 0.15) is 5.75 Å². The molecule has 0 aliphatic carbocycles. The minimum Gasteiger partial charge on any atom is -0.406 e. The van der Waals surface area contributed by atoms with Gasteiger partial charge in [-0.25, -0.2) is 0 Å². The van der Waals surface area contributed by atoms with Crippen molar-refractivity contribution in [3.05, 3.63) is 52.4 Å². The van der Waals surface area contributed by atoms with Crippen LogP contribution in [0.2, 0.25) is 0 Å². The van der Waals surface area contributed by atoms with E-state index >= 15 is 0 Å². The minimum absolute atomic E-state index is 0.114. The van der Waals surface area contributed by atoms with Crippen molar-refractivity contribution < 1.29 is 23.0 Å². The molecule has 1 aromatic heterocycles. The third-order valence-corrected chi connectivity index (χ3v) is 2.57. The van der Waals surface area contributed by atoms with Gasteiger partial charge < -0.3 is 14.8 Å². The first kappa shape index (κ1) is 14.1. The zero-order valence-electron chi connectivity index (χ0n) is 10.1. The van der Waals surface area contributed by atoms with Crippen LogP contribution in [0.4, 0.5) is 13.2 Å². The average molecular weight is 285 g/mol. The van der Waals surface area contributed by atoms with Crippen LogP contribution in [0.1, 0.15) is 5.56 Å². The number of hydrogen-bond acceptors (Lipinski definition) is 3. The van der Waals surface area contributed by atoms with Crippen molar-refractivity contribution in [2.75, 3.05) is 0 Å². The molecule has 0 bridgehead atoms. The highest BCUT2D eigenvalue weighted by Gasteiger charge is 2.31. The highest BCUT2D eigenvalue weighted by molar-refractivity contribution is 5.67. The summed E-state index contributed by atoms with van der Waals surface area (Å²) in [7, 11) is 0. The Balaban J connectivity index is 2.49. The second-order valence-electron chi connectivity index (χ2n) is 3.94. The van der Waals surface area contributed by atoms with Gasteiger partial charge in [-0.05, 0) is 29.3 Å². The number of H-pyrrole nitrogens is 1. The van der Waals surface area contributed by atoms with Crippen molar-refractivity contribution in [2.24, 2.45) is 0 Å². The van der Waals surface area contributed by atoms with Crippen LogP contribution in [-0.4, -0.2) is 16.5 Å². The quantitative estimate of drug-likeness (QED) is 0.910. The molecule has 2 N–H and O–H groups in total. The monoisotopic (exact) mass is 285 g/mol. The molecule has 7 heteroatoms. The molecular formula is C13H10F3NO3. The molecule has 0 spiro atoms. The predicted octanol–water partition coefficient (Wildman–Crippen LogP) is 2.43. The summed E-state index contributed by atoms with van der Waals surface area (Å²) in [6.07, 6.45) is -3.45. The van der Waals surface area contributed by atoms with Crippen LogP contribution in [0, 0.1) is 0 Å². The molecular weight excluding hydrogens is 275 g/mol. The Morgan fingerprint density at radius 3 is 2.65 bits per heavy atom. The number of aromatic nitrogens is 1. The second-order valence-corrected chi connectivity index (χ2v) is 3.94. The summed E-state index contributed by atoms with van der Waals surface area (Å²) in [6, 6.07) is 6.51. The molecule has 106 valence electrons. The molecule has 20 heavy (non-hydrogen) atoms. The number of aromatic amines is 1. The van der Waals surface area contributed by atoms with Crippen molar-refractivity contribution in [1.82, 2.24) is 4.98 Å². The number of aliphatic hydroxyl groups is 1. The van der Waals surface area contributed by atoms with E-state index in [9.17, 15) is 23.1 Å². The maximum atomic E-state index is 12.2. The van der Waals surface area contributed by atoms with Gasteiger partial charge in [0, 0.05) is 6.20 Å². The summed E-state index contributed by atoms with van der Waals surface area (Å²) < 4.78 is 40.3. The lowest BCUT2D eigenvalue weighted by Crippen LogP contribution is -2.17. The van der Waals surface area contributed by atoms with Crippen LogP contribution in [0.25, 0.3) is 11.1 Å².